The average Bonchev–Trinajstić information content (AvgIpc) is 3.53. The fraction of sp³-hybridized carbons (Fsp3) is 0.0488. The maximum atomic E-state index is 4.86. The molecule has 0 aliphatic rings. The second-order valence-corrected chi connectivity index (χ2v) is 10.7. The number of benzene rings is 5. The van der Waals surface area contributed by atoms with Crippen LogP contribution >= 0.6 is 0 Å². The van der Waals surface area contributed by atoms with E-state index in [1.54, 1.807) is 0 Å². The lowest BCUT2D eigenvalue weighted by Crippen LogP contribution is -2.08. The highest BCUT2D eigenvalue weighted by Gasteiger charge is 2.12. The van der Waals surface area contributed by atoms with E-state index in [1.165, 1.54) is 11.4 Å². The lowest BCUT2D eigenvalue weighted by Gasteiger charge is -2.18. The number of nitrogens with zero attached hydrogens (tertiary/aromatic N) is 5. The predicted molar refractivity (Wildman–Crippen MR) is 191 cm³/mol. The van der Waals surface area contributed by atoms with Gasteiger partial charge in [-0.25, -0.2) is 15.0 Å². The molecular formula is C41H35N5. The van der Waals surface area contributed by atoms with Crippen molar-refractivity contribution in [3.63, 3.8) is 0 Å². The predicted octanol–water partition coefficient (Wildman–Crippen LogP) is 10.1. The number of hydrogen-bond donors (Lipinski definition) is 0. The molecule has 0 radical (unpaired) electrons. The number of hydrogen-bond acceptors (Lipinski definition) is 4. The number of imidazole rings is 1. The Morgan fingerprint density at radius 2 is 0.870 bits per heavy atom. The van der Waals surface area contributed by atoms with Gasteiger partial charge in [0.05, 0.1) is 28.1 Å². The average molecular weight is 598 g/mol. The summed E-state index contributed by atoms with van der Waals surface area (Å²) in [5.74, 6) is 0. The largest absolute Gasteiger partial charge is 0.345 e. The zero-order valence-corrected chi connectivity index (χ0v) is 26.0. The molecule has 5 heteroatoms. The molecule has 8 aromatic rings. The van der Waals surface area contributed by atoms with Gasteiger partial charge in [-0.15, -0.1) is 0 Å². The number of fused-ring (bicyclic) bond motifs is 2. The number of aromatic nitrogens is 4. The highest BCUT2D eigenvalue weighted by atomic mass is 15.1. The highest BCUT2D eigenvalue weighted by Crippen LogP contribution is 2.30. The summed E-state index contributed by atoms with van der Waals surface area (Å²) in [7, 11) is 2.07. The lowest BCUT2D eigenvalue weighted by molar-refractivity contribution is 1.18. The van der Waals surface area contributed by atoms with Gasteiger partial charge in [-0.2, -0.15) is 0 Å². The van der Waals surface area contributed by atoms with E-state index in [-0.39, 0.29) is 0 Å². The summed E-state index contributed by atoms with van der Waals surface area (Å²) in [6.45, 7) is 1.99. The molecule has 224 valence electrons. The van der Waals surface area contributed by atoms with E-state index in [4.69, 9.17) is 9.97 Å². The number of anilines is 2. The Balaban J connectivity index is 0.000000132. The van der Waals surface area contributed by atoms with Gasteiger partial charge < -0.3 is 9.30 Å². The molecule has 0 amide bonds. The second kappa shape index (κ2) is 14.6. The first kappa shape index (κ1) is 30.0. The van der Waals surface area contributed by atoms with Gasteiger partial charge in [-0.1, -0.05) is 115 Å². The van der Waals surface area contributed by atoms with Crippen molar-refractivity contribution in [2.45, 2.75) is 6.92 Å². The normalized spacial score (nSPS) is 10.4. The van der Waals surface area contributed by atoms with Gasteiger partial charge in [0.2, 0.25) is 0 Å². The van der Waals surface area contributed by atoms with Crippen LogP contribution in [0.25, 0.3) is 39.2 Å². The molecule has 0 atom stereocenters. The molecule has 0 spiro atoms. The van der Waals surface area contributed by atoms with Crippen molar-refractivity contribution in [2.24, 2.45) is 0 Å². The van der Waals surface area contributed by atoms with E-state index in [9.17, 15) is 0 Å². The lowest BCUT2D eigenvalue weighted by atomic mass is 10.0. The van der Waals surface area contributed by atoms with E-state index >= 15 is 0 Å². The molecule has 5 nitrogen and oxygen atoms in total. The highest BCUT2D eigenvalue weighted by molar-refractivity contribution is 5.86. The molecule has 0 saturated carbocycles. The molecular weight excluding hydrogens is 562 g/mol. The molecule has 3 heterocycles. The molecule has 0 saturated heterocycles. The van der Waals surface area contributed by atoms with Crippen LogP contribution in [0.2, 0.25) is 0 Å². The summed E-state index contributed by atoms with van der Waals surface area (Å²) in [4.78, 5) is 16.2. The van der Waals surface area contributed by atoms with Crippen LogP contribution in [-0.4, -0.2) is 26.4 Å². The number of para-hydroxylation sites is 4. The Hall–Kier alpha value is -6.07. The van der Waals surface area contributed by atoms with Crippen LogP contribution in [0, 0.1) is 6.92 Å². The zero-order valence-electron chi connectivity index (χ0n) is 26.0. The molecule has 0 bridgehead atoms. The van der Waals surface area contributed by atoms with E-state index in [1.807, 2.05) is 115 Å². The van der Waals surface area contributed by atoms with Crippen molar-refractivity contribution >= 4 is 28.1 Å². The number of aryl methyl sites for hydroxylation is 1. The van der Waals surface area contributed by atoms with Crippen LogP contribution in [0.1, 0.15) is 5.69 Å². The fourth-order valence-electron chi connectivity index (χ4n) is 5.11. The van der Waals surface area contributed by atoms with Crippen LogP contribution in [0.5, 0.6) is 0 Å². The smallest absolute Gasteiger partial charge is 0.136 e. The molecule has 5 aromatic carbocycles. The first-order valence-electron chi connectivity index (χ1n) is 15.3. The molecule has 0 fully saturated rings. The Labute approximate surface area is 270 Å². The number of pyridine rings is 1. The Morgan fingerprint density at radius 3 is 1.33 bits per heavy atom. The summed E-state index contributed by atoms with van der Waals surface area (Å²) in [6, 6.07) is 55.1. The topological polar surface area (TPSA) is 46.3 Å². The minimum Gasteiger partial charge on any atom is -0.345 e. The van der Waals surface area contributed by atoms with Crippen molar-refractivity contribution in [1.29, 1.82) is 0 Å². The van der Waals surface area contributed by atoms with Crippen LogP contribution < -0.4 is 4.90 Å². The second-order valence-electron chi connectivity index (χ2n) is 10.7. The van der Waals surface area contributed by atoms with Gasteiger partial charge in [-0.3, -0.25) is 0 Å². The fourth-order valence-corrected chi connectivity index (χ4v) is 5.11. The van der Waals surface area contributed by atoms with Crippen molar-refractivity contribution in [3.8, 4) is 22.5 Å². The summed E-state index contributed by atoms with van der Waals surface area (Å²) < 4.78 is 2.01. The molecule has 46 heavy (non-hydrogen) atoms. The van der Waals surface area contributed by atoms with Crippen molar-refractivity contribution in [3.05, 3.63) is 182 Å². The summed E-state index contributed by atoms with van der Waals surface area (Å²) in [5.41, 5.74) is 10.3. The first-order chi connectivity index (χ1) is 22.7. The first-order valence-corrected chi connectivity index (χ1v) is 15.3. The Bertz CT molecular complexity index is 1960. The summed E-state index contributed by atoms with van der Waals surface area (Å²) >= 11 is 0. The maximum Gasteiger partial charge on any atom is 0.136 e. The van der Waals surface area contributed by atoms with Gasteiger partial charge in [0.25, 0.3) is 0 Å². The van der Waals surface area contributed by atoms with E-state index in [0.29, 0.717) is 0 Å². The van der Waals surface area contributed by atoms with Crippen LogP contribution in [0.4, 0.5) is 11.4 Å². The summed E-state index contributed by atoms with van der Waals surface area (Å²) in [6.07, 6.45) is 4.00. The van der Waals surface area contributed by atoms with E-state index in [2.05, 4.69) is 89.7 Å². The third-order valence-electron chi connectivity index (χ3n) is 7.44. The molecule has 0 aliphatic carbocycles. The van der Waals surface area contributed by atoms with Crippen LogP contribution in [0.3, 0.4) is 0 Å². The minimum absolute atomic E-state index is 0.918. The van der Waals surface area contributed by atoms with Crippen LogP contribution in [-0.2, 0) is 0 Å². The molecule has 3 aromatic heterocycles. The Morgan fingerprint density at radius 1 is 0.457 bits per heavy atom. The van der Waals surface area contributed by atoms with Gasteiger partial charge in [-0.05, 0) is 55.5 Å². The number of rotatable bonds is 4. The minimum atomic E-state index is 0.918. The third-order valence-corrected chi connectivity index (χ3v) is 7.44. The molecule has 8 rings (SSSR count). The zero-order chi connectivity index (χ0) is 31.6. The molecule has 0 aliphatic heterocycles. The van der Waals surface area contributed by atoms with Gasteiger partial charge in [0, 0.05) is 41.9 Å². The van der Waals surface area contributed by atoms with Crippen LogP contribution in [0.15, 0.2) is 176 Å². The standard InChI is InChI=1S/C20H14N2.C13H13N.C8H8N2/c1-3-9-15(10-4-1)19-20(16-11-5-2-6-12-16)22-18-14-8-7-13-17(18)21-19;1-14(12-8-4-2-5-9-12)13-10-6-3-7-11-13;1-7-6-10-5-3-2-4-8(10)9-7/h1-14H;2-11H,1H3;2-6H,1H3. The van der Waals surface area contributed by atoms with Crippen molar-refractivity contribution < 1.29 is 0 Å². The Kier molecular flexibility index (Phi) is 9.52. The van der Waals surface area contributed by atoms with E-state index in [0.717, 1.165) is 44.9 Å². The van der Waals surface area contributed by atoms with Crippen molar-refractivity contribution in [1.82, 2.24) is 19.4 Å². The third kappa shape index (κ3) is 7.34. The van der Waals surface area contributed by atoms with E-state index < -0.39 is 0 Å². The molecule has 0 N–H and O–H groups in total. The quantitative estimate of drug-likeness (QED) is 0.203. The summed E-state index contributed by atoms with van der Waals surface area (Å²) in [5, 5.41) is 0. The molecule has 0 unspecified atom stereocenters. The van der Waals surface area contributed by atoms with Crippen molar-refractivity contribution in [2.75, 3.05) is 11.9 Å². The maximum absolute atomic E-state index is 4.86. The monoisotopic (exact) mass is 597 g/mol. The SMILES string of the molecule is CN(c1ccccc1)c1ccccc1.Cc1cn2ccccc2n1.c1ccc(-c2nc3ccccc3nc2-c2ccccc2)cc1. The van der Waals surface area contributed by atoms with Gasteiger partial charge >= 0.3 is 0 Å². The van der Waals surface area contributed by atoms with Gasteiger partial charge in [0.15, 0.2) is 0 Å². The van der Waals surface area contributed by atoms with Gasteiger partial charge in [0.1, 0.15) is 5.65 Å².